The van der Waals surface area contributed by atoms with Gasteiger partial charge in [-0.3, -0.25) is 0 Å². The highest BCUT2D eigenvalue weighted by Gasteiger charge is 1.92. The Labute approximate surface area is 48.2 Å². The summed E-state index contributed by atoms with van der Waals surface area (Å²) < 4.78 is 0. The molecule has 0 heterocycles. The molecule has 0 spiro atoms. The van der Waals surface area contributed by atoms with Crippen LogP contribution in [0.15, 0.2) is 0 Å². The van der Waals surface area contributed by atoms with Gasteiger partial charge >= 0.3 is 0 Å². The molecule has 0 saturated heterocycles. The summed E-state index contributed by atoms with van der Waals surface area (Å²) in [4.78, 5) is 0. The zero-order chi connectivity index (χ0) is 5.70. The van der Waals surface area contributed by atoms with Crippen LogP contribution < -0.4 is 0 Å². The summed E-state index contributed by atoms with van der Waals surface area (Å²) in [5, 5.41) is 0. The molecule has 0 aliphatic heterocycles. The molecule has 0 unspecified atom stereocenters. The van der Waals surface area contributed by atoms with E-state index in [1.165, 1.54) is 12.8 Å². The van der Waals surface area contributed by atoms with Crippen LogP contribution in [0.1, 0.15) is 26.7 Å². The minimum atomic E-state index is 0.775. The van der Waals surface area contributed by atoms with Gasteiger partial charge in [-0.25, -0.2) is 0 Å². The van der Waals surface area contributed by atoms with E-state index in [0.717, 1.165) is 5.92 Å². The summed E-state index contributed by atoms with van der Waals surface area (Å²) in [5.41, 5.74) is 0. The third-order valence-electron chi connectivity index (χ3n) is 1.28. The van der Waals surface area contributed by atoms with E-state index in [4.69, 9.17) is 0 Å². The maximum atomic E-state index is 3.35. The second kappa shape index (κ2) is 4.33. The molecule has 1 heteroatoms. The smallest absolute Gasteiger partial charge is 0.0198 e. The van der Waals surface area contributed by atoms with Crippen molar-refractivity contribution < 1.29 is 0 Å². The molecule has 0 bridgehead atoms. The largest absolute Gasteiger partial charge is 0.126 e. The Bertz CT molecular complexity index is 46.1. The Morgan fingerprint density at radius 2 is 1.86 bits per heavy atom. The normalized spacial score (nSPS) is 9.57. The van der Waals surface area contributed by atoms with E-state index in [2.05, 4.69) is 28.5 Å². The molecule has 0 aromatic carbocycles. The van der Waals surface area contributed by atoms with E-state index in [1.807, 2.05) is 0 Å². The standard InChI is InChI=1S/C6H13P/c1-3-6(4-2)5-7/h5-7H,3-4H2,1-2H3. The fourth-order valence-electron chi connectivity index (χ4n) is 0.524. The lowest BCUT2D eigenvalue weighted by molar-refractivity contribution is 0.661. The van der Waals surface area contributed by atoms with Gasteiger partial charge in [-0.05, 0) is 18.8 Å². The highest BCUT2D eigenvalue weighted by atomic mass is 31.0. The molecular formula is C6H13P. The van der Waals surface area contributed by atoms with Gasteiger partial charge < -0.3 is 0 Å². The maximum absolute atomic E-state index is 3.35. The fraction of sp³-hybridized carbons (Fsp3) is 0.833. The Balaban J connectivity index is 3.16. The summed E-state index contributed by atoms with van der Waals surface area (Å²) in [6.07, 6.45) is 2.50. The van der Waals surface area contributed by atoms with Gasteiger partial charge in [0.05, 0.1) is 0 Å². The molecule has 0 radical (unpaired) electrons. The molecule has 0 N–H and O–H groups in total. The van der Waals surface area contributed by atoms with Crippen molar-refractivity contribution in [3.63, 3.8) is 0 Å². The van der Waals surface area contributed by atoms with Crippen LogP contribution >= 0.6 is 8.86 Å². The van der Waals surface area contributed by atoms with Crippen LogP contribution in [0.3, 0.4) is 0 Å². The van der Waals surface area contributed by atoms with Gasteiger partial charge in [0, 0.05) is 0 Å². The van der Waals surface area contributed by atoms with E-state index >= 15 is 0 Å². The first-order valence-corrected chi connectivity index (χ1v) is 3.43. The van der Waals surface area contributed by atoms with Crippen molar-refractivity contribution in [2.24, 2.45) is 5.92 Å². The highest BCUT2D eigenvalue weighted by molar-refractivity contribution is 7.18. The topological polar surface area (TPSA) is 0 Å². The maximum Gasteiger partial charge on any atom is -0.0198 e. The van der Waals surface area contributed by atoms with Crippen molar-refractivity contribution >= 4 is 14.7 Å². The molecule has 7 heavy (non-hydrogen) atoms. The first-order valence-electron chi connectivity index (χ1n) is 2.85. The second-order valence-corrected chi connectivity index (χ2v) is 2.08. The van der Waals surface area contributed by atoms with Gasteiger partial charge in [-0.1, -0.05) is 19.6 Å². The molecule has 0 nitrogen and oxygen atoms in total. The van der Waals surface area contributed by atoms with Crippen LogP contribution in [0.2, 0.25) is 0 Å². The van der Waals surface area contributed by atoms with Crippen molar-refractivity contribution in [1.82, 2.24) is 0 Å². The zero-order valence-corrected chi connectivity index (χ0v) is 6.07. The summed E-state index contributed by atoms with van der Waals surface area (Å²) in [7, 11) is 3.35. The van der Waals surface area contributed by atoms with E-state index < -0.39 is 0 Å². The summed E-state index contributed by atoms with van der Waals surface area (Å²) in [6, 6.07) is 0. The van der Waals surface area contributed by atoms with Gasteiger partial charge in [-0.2, -0.15) is 0 Å². The van der Waals surface area contributed by atoms with Crippen LogP contribution in [0.25, 0.3) is 0 Å². The molecule has 0 rings (SSSR count). The molecule has 0 fully saturated rings. The first-order chi connectivity index (χ1) is 3.35. The minimum Gasteiger partial charge on any atom is -0.126 e. The summed E-state index contributed by atoms with van der Waals surface area (Å²) in [6.45, 7) is 4.40. The van der Waals surface area contributed by atoms with E-state index in [0.29, 0.717) is 0 Å². The van der Waals surface area contributed by atoms with Crippen molar-refractivity contribution in [2.45, 2.75) is 26.7 Å². The van der Waals surface area contributed by atoms with Crippen LogP contribution in [-0.2, 0) is 0 Å². The Morgan fingerprint density at radius 3 is 1.86 bits per heavy atom. The van der Waals surface area contributed by atoms with Gasteiger partial charge in [0.2, 0.25) is 0 Å². The molecule has 0 aliphatic rings. The minimum absolute atomic E-state index is 0.775. The molecular weight excluding hydrogens is 103 g/mol. The summed E-state index contributed by atoms with van der Waals surface area (Å²) >= 11 is 0. The molecule has 0 saturated carbocycles. The number of hydrogen-bond acceptors (Lipinski definition) is 0. The zero-order valence-electron chi connectivity index (χ0n) is 5.07. The van der Waals surface area contributed by atoms with Crippen LogP contribution in [-0.4, -0.2) is 5.80 Å². The molecule has 0 aromatic heterocycles. The van der Waals surface area contributed by atoms with E-state index in [-0.39, 0.29) is 0 Å². The van der Waals surface area contributed by atoms with Crippen LogP contribution in [0, 0.1) is 5.92 Å². The first kappa shape index (κ1) is 7.17. The predicted molar refractivity (Wildman–Crippen MR) is 38.5 cm³/mol. The van der Waals surface area contributed by atoms with Crippen LogP contribution in [0.4, 0.5) is 0 Å². The number of rotatable bonds is 3. The van der Waals surface area contributed by atoms with Crippen molar-refractivity contribution in [2.75, 3.05) is 0 Å². The van der Waals surface area contributed by atoms with E-state index in [9.17, 15) is 0 Å². The van der Waals surface area contributed by atoms with Gasteiger partial charge in [-0.15, -0.1) is 8.86 Å². The SMILES string of the molecule is CCC(C=P)CC. The Hall–Kier alpha value is 0.170. The molecule has 0 atom stereocenters. The molecule has 0 amide bonds. The van der Waals surface area contributed by atoms with Crippen molar-refractivity contribution in [3.8, 4) is 0 Å². The third kappa shape index (κ3) is 2.82. The summed E-state index contributed by atoms with van der Waals surface area (Å²) in [5.74, 6) is 2.86. The Morgan fingerprint density at radius 1 is 1.43 bits per heavy atom. The second-order valence-electron chi connectivity index (χ2n) is 1.74. The average Bonchev–Trinajstić information content (AvgIpc) is 1.72. The Kier molecular flexibility index (Phi) is 4.44. The van der Waals surface area contributed by atoms with E-state index in [1.54, 1.807) is 0 Å². The lowest BCUT2D eigenvalue weighted by atomic mass is 10.1. The molecule has 42 valence electrons. The van der Waals surface area contributed by atoms with Crippen molar-refractivity contribution in [3.05, 3.63) is 0 Å². The fourth-order valence-corrected chi connectivity index (χ4v) is 0.996. The quantitative estimate of drug-likeness (QED) is 0.496. The molecule has 0 aliphatic carbocycles. The third-order valence-corrected chi connectivity index (χ3v) is 1.76. The van der Waals surface area contributed by atoms with Crippen LogP contribution in [0.5, 0.6) is 0 Å². The highest BCUT2D eigenvalue weighted by Crippen LogP contribution is 2.02. The number of hydrogen-bond donors (Lipinski definition) is 0. The van der Waals surface area contributed by atoms with Gasteiger partial charge in [0.25, 0.3) is 0 Å². The van der Waals surface area contributed by atoms with Crippen molar-refractivity contribution in [1.29, 1.82) is 0 Å². The predicted octanol–water partition coefficient (Wildman–Crippen LogP) is 2.37. The lowest BCUT2D eigenvalue weighted by Crippen LogP contribution is -1.93. The van der Waals surface area contributed by atoms with Gasteiger partial charge in [0.15, 0.2) is 0 Å². The molecule has 0 aromatic rings. The monoisotopic (exact) mass is 116 g/mol. The van der Waals surface area contributed by atoms with Gasteiger partial charge in [0.1, 0.15) is 0 Å². The lowest BCUT2D eigenvalue weighted by Gasteiger charge is -2.00. The average molecular weight is 116 g/mol.